The van der Waals surface area contributed by atoms with Crippen LogP contribution in [0.1, 0.15) is 29.5 Å². The quantitative estimate of drug-likeness (QED) is 0.581. The summed E-state index contributed by atoms with van der Waals surface area (Å²) in [6.45, 7) is 2.18. The van der Waals surface area contributed by atoms with Crippen LogP contribution >= 0.6 is 0 Å². The van der Waals surface area contributed by atoms with E-state index in [1.807, 2.05) is 6.07 Å². The molecule has 0 bridgehead atoms. The Labute approximate surface area is 73.6 Å². The molecule has 1 aromatic rings. The van der Waals surface area contributed by atoms with Gasteiger partial charge in [-0.25, -0.2) is 0 Å². The number of nitrogen functional groups attached to an aromatic ring is 1. The number of nitrogens with two attached hydrogens (primary N) is 1. The van der Waals surface area contributed by atoms with E-state index in [4.69, 9.17) is 5.73 Å². The normalized spacial score (nSPS) is 15.8. The summed E-state index contributed by atoms with van der Waals surface area (Å²) in [4.78, 5) is 0. The first-order valence-electron chi connectivity index (χ1n) is 4.66. The van der Waals surface area contributed by atoms with E-state index in [0.717, 1.165) is 5.69 Å². The second-order valence-corrected chi connectivity index (χ2v) is 3.64. The molecule has 1 aliphatic rings. The molecule has 1 heteroatoms. The van der Waals surface area contributed by atoms with E-state index in [-0.39, 0.29) is 0 Å². The Morgan fingerprint density at radius 1 is 1.08 bits per heavy atom. The summed E-state index contributed by atoms with van der Waals surface area (Å²) >= 11 is 0. The highest BCUT2D eigenvalue weighted by molar-refractivity contribution is 5.54. The average Bonchev–Trinajstić information content (AvgIpc) is 2.12. The minimum Gasteiger partial charge on any atom is -0.398 e. The first kappa shape index (κ1) is 7.66. The lowest BCUT2D eigenvalue weighted by Crippen LogP contribution is -2.07. The zero-order chi connectivity index (χ0) is 8.55. The zero-order valence-corrected chi connectivity index (χ0v) is 7.56. The van der Waals surface area contributed by atoms with E-state index in [9.17, 15) is 0 Å². The van der Waals surface area contributed by atoms with Gasteiger partial charge in [0.1, 0.15) is 0 Å². The Hall–Kier alpha value is -0.980. The first-order chi connectivity index (χ1) is 5.79. The van der Waals surface area contributed by atoms with Crippen LogP contribution in [0.15, 0.2) is 12.1 Å². The van der Waals surface area contributed by atoms with Gasteiger partial charge in [0.05, 0.1) is 0 Å². The molecule has 0 atom stereocenters. The molecule has 2 rings (SSSR count). The molecule has 12 heavy (non-hydrogen) atoms. The predicted octanol–water partition coefficient (Wildman–Crippen LogP) is 2.46. The van der Waals surface area contributed by atoms with E-state index in [1.165, 1.54) is 42.4 Å². The molecule has 0 fully saturated rings. The van der Waals surface area contributed by atoms with E-state index < -0.39 is 0 Å². The summed E-state index contributed by atoms with van der Waals surface area (Å²) in [5, 5.41) is 0. The first-order valence-corrected chi connectivity index (χ1v) is 4.66. The minimum atomic E-state index is 0.996. The van der Waals surface area contributed by atoms with Crippen molar-refractivity contribution in [1.82, 2.24) is 0 Å². The van der Waals surface area contributed by atoms with Crippen molar-refractivity contribution in [2.75, 3.05) is 5.73 Å². The maximum Gasteiger partial charge on any atom is 0.0349 e. The highest BCUT2D eigenvalue weighted by atomic mass is 14.6. The van der Waals surface area contributed by atoms with E-state index in [2.05, 4.69) is 13.0 Å². The van der Waals surface area contributed by atoms with Crippen LogP contribution in [0.2, 0.25) is 0 Å². The molecule has 1 nitrogen and oxygen atoms in total. The highest BCUT2D eigenvalue weighted by Gasteiger charge is 2.13. The molecular formula is C11H15N. The van der Waals surface area contributed by atoms with Gasteiger partial charge in [-0.2, -0.15) is 0 Å². The number of aryl methyl sites for hydroxylation is 1. The van der Waals surface area contributed by atoms with E-state index >= 15 is 0 Å². The van der Waals surface area contributed by atoms with Crippen LogP contribution in [0.5, 0.6) is 0 Å². The molecule has 2 N–H and O–H groups in total. The molecule has 0 radical (unpaired) electrons. The van der Waals surface area contributed by atoms with Crippen LogP contribution in [0, 0.1) is 6.92 Å². The summed E-state index contributed by atoms with van der Waals surface area (Å²) in [5.74, 6) is 0. The van der Waals surface area contributed by atoms with E-state index in [1.54, 1.807) is 0 Å². The van der Waals surface area contributed by atoms with Crippen molar-refractivity contribution in [3.05, 3.63) is 28.8 Å². The summed E-state index contributed by atoms with van der Waals surface area (Å²) in [5.41, 5.74) is 11.3. The number of fused-ring (bicyclic) bond motifs is 1. The van der Waals surface area contributed by atoms with Crippen molar-refractivity contribution in [3.8, 4) is 0 Å². The average molecular weight is 161 g/mol. The van der Waals surface area contributed by atoms with Gasteiger partial charge in [0.25, 0.3) is 0 Å². The fourth-order valence-electron chi connectivity index (χ4n) is 2.08. The smallest absolute Gasteiger partial charge is 0.0349 e. The van der Waals surface area contributed by atoms with Crippen LogP contribution in [0.4, 0.5) is 5.69 Å². The largest absolute Gasteiger partial charge is 0.398 e. The molecule has 0 saturated carbocycles. The van der Waals surface area contributed by atoms with Crippen LogP contribution in [0.3, 0.4) is 0 Å². The Morgan fingerprint density at radius 3 is 2.42 bits per heavy atom. The fraction of sp³-hybridized carbons (Fsp3) is 0.455. The van der Waals surface area contributed by atoms with Gasteiger partial charge in [0, 0.05) is 5.69 Å². The molecule has 1 aliphatic carbocycles. The lowest BCUT2D eigenvalue weighted by Gasteiger charge is -2.19. The predicted molar refractivity (Wildman–Crippen MR) is 52.2 cm³/mol. The minimum absolute atomic E-state index is 0.996. The Balaban J connectivity index is 2.57. The molecule has 0 saturated heterocycles. The lowest BCUT2D eigenvalue weighted by molar-refractivity contribution is 0.684. The maximum absolute atomic E-state index is 5.91. The van der Waals surface area contributed by atoms with Gasteiger partial charge < -0.3 is 5.73 Å². The molecule has 0 spiro atoms. The molecule has 0 aliphatic heterocycles. The van der Waals surface area contributed by atoms with Crippen LogP contribution in [0.25, 0.3) is 0 Å². The zero-order valence-electron chi connectivity index (χ0n) is 7.56. The third-order valence-electron chi connectivity index (χ3n) is 2.81. The molecule has 64 valence electrons. The second-order valence-electron chi connectivity index (χ2n) is 3.64. The Bertz CT molecular complexity index is 271. The molecule has 0 aromatic heterocycles. The molecule has 0 amide bonds. The van der Waals surface area contributed by atoms with Crippen molar-refractivity contribution in [1.29, 1.82) is 0 Å². The summed E-state index contributed by atoms with van der Waals surface area (Å²) in [6, 6.07) is 4.18. The number of rotatable bonds is 0. The topological polar surface area (TPSA) is 26.0 Å². The van der Waals surface area contributed by atoms with Gasteiger partial charge in [-0.05, 0) is 55.4 Å². The Kier molecular flexibility index (Phi) is 1.80. The second kappa shape index (κ2) is 2.81. The monoisotopic (exact) mass is 161 g/mol. The van der Waals surface area contributed by atoms with Gasteiger partial charge in [-0.15, -0.1) is 0 Å². The number of hydrogen-bond acceptors (Lipinski definition) is 1. The lowest BCUT2D eigenvalue weighted by atomic mass is 9.88. The standard InChI is InChI=1S/C11H15N/c1-8-6-7-11(12)10-5-3-2-4-9(8)10/h6-7H,2-5,12H2,1H3. The van der Waals surface area contributed by atoms with Crippen molar-refractivity contribution >= 4 is 5.69 Å². The summed E-state index contributed by atoms with van der Waals surface area (Å²) < 4.78 is 0. The SMILES string of the molecule is Cc1ccc(N)c2c1CCCC2. The molecular weight excluding hydrogens is 146 g/mol. The van der Waals surface area contributed by atoms with Crippen LogP contribution in [-0.4, -0.2) is 0 Å². The maximum atomic E-state index is 5.91. The van der Waals surface area contributed by atoms with Crippen molar-refractivity contribution in [3.63, 3.8) is 0 Å². The Morgan fingerprint density at radius 2 is 1.75 bits per heavy atom. The van der Waals surface area contributed by atoms with Gasteiger partial charge in [0.15, 0.2) is 0 Å². The van der Waals surface area contributed by atoms with Crippen LogP contribution < -0.4 is 5.73 Å². The van der Waals surface area contributed by atoms with Crippen LogP contribution in [-0.2, 0) is 12.8 Å². The number of anilines is 1. The molecule has 1 aromatic carbocycles. The molecule has 0 unspecified atom stereocenters. The van der Waals surface area contributed by atoms with Crippen molar-refractivity contribution in [2.24, 2.45) is 0 Å². The van der Waals surface area contributed by atoms with Crippen molar-refractivity contribution < 1.29 is 0 Å². The number of hydrogen-bond donors (Lipinski definition) is 1. The van der Waals surface area contributed by atoms with Gasteiger partial charge in [-0.1, -0.05) is 6.07 Å². The molecule has 0 heterocycles. The summed E-state index contributed by atoms with van der Waals surface area (Å²) in [7, 11) is 0. The van der Waals surface area contributed by atoms with Gasteiger partial charge >= 0.3 is 0 Å². The third-order valence-corrected chi connectivity index (χ3v) is 2.81. The van der Waals surface area contributed by atoms with Gasteiger partial charge in [-0.3, -0.25) is 0 Å². The van der Waals surface area contributed by atoms with Crippen molar-refractivity contribution in [2.45, 2.75) is 32.6 Å². The summed E-state index contributed by atoms with van der Waals surface area (Å²) in [6.07, 6.45) is 5.05. The fourth-order valence-corrected chi connectivity index (χ4v) is 2.08. The third kappa shape index (κ3) is 1.09. The number of benzene rings is 1. The van der Waals surface area contributed by atoms with E-state index in [0.29, 0.717) is 0 Å². The van der Waals surface area contributed by atoms with Gasteiger partial charge in [0.2, 0.25) is 0 Å². The highest BCUT2D eigenvalue weighted by Crippen LogP contribution is 2.28.